The first-order valence-electron chi connectivity index (χ1n) is 8.83. The van der Waals surface area contributed by atoms with E-state index in [4.69, 9.17) is 5.73 Å². The van der Waals surface area contributed by atoms with Crippen LogP contribution in [0, 0.1) is 5.82 Å². The van der Waals surface area contributed by atoms with Gasteiger partial charge in [-0.15, -0.1) is 0 Å². The van der Waals surface area contributed by atoms with Crippen LogP contribution in [0.4, 0.5) is 8.78 Å². The summed E-state index contributed by atoms with van der Waals surface area (Å²) in [7, 11) is 0. The molecule has 1 saturated heterocycles. The van der Waals surface area contributed by atoms with E-state index in [9.17, 15) is 8.78 Å². The van der Waals surface area contributed by atoms with Crippen molar-refractivity contribution in [3.05, 3.63) is 48.3 Å². The monoisotopic (exact) mass is 347 g/mol. The number of alkyl halides is 1. The van der Waals surface area contributed by atoms with Gasteiger partial charge < -0.3 is 5.73 Å². The van der Waals surface area contributed by atoms with E-state index in [0.29, 0.717) is 19.5 Å². The number of likely N-dealkylation sites (tertiary alicyclic amines) is 1. The van der Waals surface area contributed by atoms with Crippen molar-refractivity contribution in [3.8, 4) is 0 Å². The van der Waals surface area contributed by atoms with Crippen molar-refractivity contribution < 1.29 is 8.78 Å². The lowest BCUT2D eigenvalue weighted by atomic mass is 9.96. The summed E-state index contributed by atoms with van der Waals surface area (Å²) in [4.78, 5) is 6.25. The van der Waals surface area contributed by atoms with Crippen molar-refractivity contribution in [2.24, 2.45) is 5.73 Å². The van der Waals surface area contributed by atoms with E-state index in [1.54, 1.807) is 6.33 Å². The highest BCUT2D eigenvalue weighted by Gasteiger charge is 2.42. The van der Waals surface area contributed by atoms with Gasteiger partial charge >= 0.3 is 0 Å². The van der Waals surface area contributed by atoms with E-state index < -0.39 is 6.17 Å². The molecule has 2 fully saturated rings. The molecule has 2 aromatic rings. The van der Waals surface area contributed by atoms with E-state index in [-0.39, 0.29) is 29.9 Å². The molecule has 0 radical (unpaired) electrons. The Morgan fingerprint density at radius 1 is 1.04 bits per heavy atom. The third-order valence-corrected chi connectivity index (χ3v) is 5.54. The van der Waals surface area contributed by atoms with Gasteiger partial charge in [0.1, 0.15) is 24.6 Å². The van der Waals surface area contributed by atoms with Crippen LogP contribution in [0.15, 0.2) is 36.9 Å². The molecule has 1 unspecified atom stereocenters. The van der Waals surface area contributed by atoms with Gasteiger partial charge in [-0.2, -0.15) is 5.10 Å². The topological polar surface area (TPSA) is 60.0 Å². The maximum Gasteiger partial charge on any atom is 0.137 e. The van der Waals surface area contributed by atoms with Crippen molar-refractivity contribution >= 4 is 0 Å². The van der Waals surface area contributed by atoms with Crippen molar-refractivity contribution in [3.63, 3.8) is 0 Å². The Morgan fingerprint density at radius 2 is 1.80 bits per heavy atom. The Bertz CT molecular complexity index is 680. The molecule has 0 bridgehead atoms. The van der Waals surface area contributed by atoms with Gasteiger partial charge in [-0.1, -0.05) is 12.1 Å². The SMILES string of the molecule is N[C@@H]1C[C@@H](F)CN(C2C[C@H](c3ccc(F)cc3)C[C@H]2n2cncn2)C1. The minimum atomic E-state index is -0.884. The molecular weight excluding hydrogens is 324 g/mol. The third-order valence-electron chi connectivity index (χ3n) is 5.54. The summed E-state index contributed by atoms with van der Waals surface area (Å²) < 4.78 is 29.2. The Labute approximate surface area is 145 Å². The highest BCUT2D eigenvalue weighted by molar-refractivity contribution is 5.23. The number of benzene rings is 1. The first-order valence-corrected chi connectivity index (χ1v) is 8.83. The van der Waals surface area contributed by atoms with Gasteiger partial charge in [-0.3, -0.25) is 4.90 Å². The van der Waals surface area contributed by atoms with E-state index in [1.807, 2.05) is 16.8 Å². The molecule has 7 heteroatoms. The van der Waals surface area contributed by atoms with Crippen LogP contribution in [0.3, 0.4) is 0 Å². The summed E-state index contributed by atoms with van der Waals surface area (Å²) in [5.41, 5.74) is 7.17. The van der Waals surface area contributed by atoms with E-state index >= 15 is 0 Å². The second kappa shape index (κ2) is 6.80. The molecule has 2 aliphatic rings. The Morgan fingerprint density at radius 3 is 2.48 bits per heavy atom. The number of aromatic nitrogens is 3. The normalized spacial score (nSPS) is 33.6. The van der Waals surface area contributed by atoms with Gasteiger partial charge in [0.05, 0.1) is 6.04 Å². The van der Waals surface area contributed by atoms with Gasteiger partial charge in [-0.05, 0) is 42.9 Å². The number of piperidine rings is 1. The quantitative estimate of drug-likeness (QED) is 0.925. The van der Waals surface area contributed by atoms with E-state index in [1.165, 1.54) is 18.5 Å². The van der Waals surface area contributed by atoms with Crippen molar-refractivity contribution in [2.75, 3.05) is 13.1 Å². The molecule has 2 N–H and O–H groups in total. The molecule has 1 aromatic heterocycles. The average Bonchev–Trinajstić information content (AvgIpc) is 3.24. The lowest BCUT2D eigenvalue weighted by molar-refractivity contribution is 0.0690. The van der Waals surface area contributed by atoms with Gasteiger partial charge in [-0.25, -0.2) is 18.4 Å². The van der Waals surface area contributed by atoms with Crippen LogP contribution in [0.2, 0.25) is 0 Å². The first kappa shape index (κ1) is 16.6. The molecule has 1 saturated carbocycles. The number of hydrogen-bond acceptors (Lipinski definition) is 4. The number of halogens is 2. The predicted octanol–water partition coefficient (Wildman–Crippen LogP) is 2.28. The fourth-order valence-corrected chi connectivity index (χ4v) is 4.44. The summed E-state index contributed by atoms with van der Waals surface area (Å²) in [6.45, 7) is 1.12. The zero-order valence-corrected chi connectivity index (χ0v) is 14.0. The zero-order chi connectivity index (χ0) is 17.4. The standard InChI is InChI=1S/C18H23F2N5/c19-14-3-1-12(2-4-14)13-5-17(18(6-13)25-11-22-10-23-25)24-8-15(20)7-16(21)9-24/h1-4,10-11,13,15-18H,5-9,21H2/t13-,15+,16+,17?,18+/m0/s1. The molecule has 2 heterocycles. The molecule has 0 amide bonds. The lowest BCUT2D eigenvalue weighted by Crippen LogP contribution is -2.53. The summed E-state index contributed by atoms with van der Waals surface area (Å²) >= 11 is 0. The summed E-state index contributed by atoms with van der Waals surface area (Å²) in [5, 5.41) is 4.32. The number of hydrogen-bond donors (Lipinski definition) is 1. The van der Waals surface area contributed by atoms with Gasteiger partial charge in [0, 0.05) is 25.2 Å². The van der Waals surface area contributed by atoms with Crippen molar-refractivity contribution in [2.45, 2.75) is 49.5 Å². The van der Waals surface area contributed by atoms with E-state index in [0.717, 1.165) is 18.4 Å². The highest BCUT2D eigenvalue weighted by Crippen LogP contribution is 2.43. The maximum absolute atomic E-state index is 14.1. The van der Waals surface area contributed by atoms with Gasteiger partial charge in [0.25, 0.3) is 0 Å². The van der Waals surface area contributed by atoms with Crippen LogP contribution in [0.5, 0.6) is 0 Å². The molecule has 4 rings (SSSR count). The molecule has 5 nitrogen and oxygen atoms in total. The van der Waals surface area contributed by atoms with Crippen LogP contribution in [0.1, 0.15) is 36.8 Å². The Balaban J connectivity index is 1.59. The fourth-order valence-electron chi connectivity index (χ4n) is 4.44. The van der Waals surface area contributed by atoms with Gasteiger partial charge in [0.15, 0.2) is 0 Å². The fraction of sp³-hybridized carbons (Fsp3) is 0.556. The van der Waals surface area contributed by atoms with Crippen LogP contribution in [-0.2, 0) is 0 Å². The molecular formula is C18H23F2N5. The minimum absolute atomic E-state index is 0.120. The number of nitrogens with zero attached hydrogens (tertiary/aromatic N) is 4. The highest BCUT2D eigenvalue weighted by atomic mass is 19.1. The average molecular weight is 347 g/mol. The van der Waals surface area contributed by atoms with Crippen LogP contribution in [0.25, 0.3) is 0 Å². The molecule has 5 atom stereocenters. The first-order chi connectivity index (χ1) is 12.1. The summed E-state index contributed by atoms with van der Waals surface area (Å²) in [6, 6.07) is 6.84. The zero-order valence-electron chi connectivity index (χ0n) is 14.0. The Hall–Kier alpha value is -1.86. The lowest BCUT2D eigenvalue weighted by Gasteiger charge is -2.39. The van der Waals surface area contributed by atoms with E-state index in [2.05, 4.69) is 15.0 Å². The van der Waals surface area contributed by atoms with Crippen LogP contribution < -0.4 is 5.73 Å². The second-order valence-corrected chi connectivity index (χ2v) is 7.28. The third kappa shape index (κ3) is 3.43. The maximum atomic E-state index is 14.1. The Kier molecular flexibility index (Phi) is 4.52. The molecule has 0 spiro atoms. The largest absolute Gasteiger partial charge is 0.326 e. The predicted molar refractivity (Wildman–Crippen MR) is 90.3 cm³/mol. The van der Waals surface area contributed by atoms with Crippen molar-refractivity contribution in [1.82, 2.24) is 19.7 Å². The second-order valence-electron chi connectivity index (χ2n) is 7.28. The van der Waals surface area contributed by atoms with Crippen LogP contribution in [-0.4, -0.2) is 51.0 Å². The van der Waals surface area contributed by atoms with Crippen molar-refractivity contribution in [1.29, 1.82) is 0 Å². The molecule has 1 aliphatic carbocycles. The summed E-state index contributed by atoms with van der Waals surface area (Å²) in [6.07, 6.45) is 4.56. The molecule has 1 aliphatic heterocycles. The molecule has 1 aromatic carbocycles. The summed E-state index contributed by atoms with van der Waals surface area (Å²) in [5.74, 6) is 0.0596. The smallest absolute Gasteiger partial charge is 0.137 e. The number of nitrogens with two attached hydrogens (primary N) is 1. The molecule has 134 valence electrons. The van der Waals surface area contributed by atoms with Gasteiger partial charge in [0.2, 0.25) is 0 Å². The molecule has 25 heavy (non-hydrogen) atoms. The minimum Gasteiger partial charge on any atom is -0.326 e. The van der Waals surface area contributed by atoms with Crippen LogP contribution >= 0.6 is 0 Å². The number of rotatable bonds is 3.